The fourth-order valence-corrected chi connectivity index (χ4v) is 3.16. The van der Waals surface area contributed by atoms with Crippen molar-refractivity contribution in [1.29, 1.82) is 0 Å². The van der Waals surface area contributed by atoms with Crippen molar-refractivity contribution >= 4 is 35.6 Å². The molecule has 0 radical (unpaired) electrons. The molecule has 0 aliphatic rings. The van der Waals surface area contributed by atoms with Gasteiger partial charge in [-0.15, -0.1) is 0 Å². The van der Waals surface area contributed by atoms with Gasteiger partial charge in [0.1, 0.15) is 18.1 Å². The Hall–Kier alpha value is -4.01. The Morgan fingerprint density at radius 2 is 1.64 bits per heavy atom. The third-order valence-corrected chi connectivity index (χ3v) is 5.43. The zero-order valence-corrected chi connectivity index (χ0v) is 20.0. The maximum absolute atomic E-state index is 12.9. The van der Waals surface area contributed by atoms with E-state index in [4.69, 9.17) is 16.6 Å². The minimum atomic E-state index is -1.52. The van der Waals surface area contributed by atoms with E-state index in [1.165, 1.54) is 12.5 Å². The zero-order chi connectivity index (χ0) is 27.4. The van der Waals surface area contributed by atoms with Crippen molar-refractivity contribution in [3.8, 4) is 0 Å². The van der Waals surface area contributed by atoms with Crippen LogP contribution in [0.1, 0.15) is 45.2 Å². The summed E-state index contributed by atoms with van der Waals surface area (Å²) in [6.45, 7) is 3.33. The quantitative estimate of drug-likeness (QED) is 0.117. The van der Waals surface area contributed by atoms with Crippen molar-refractivity contribution in [2.45, 2.75) is 70.1 Å². The second-order valence-electron chi connectivity index (χ2n) is 8.32. The molecule has 200 valence electrons. The highest BCUT2D eigenvalue weighted by atomic mass is 16.4. The number of hydrogen-bond donors (Lipinski definition) is 8. The molecule has 1 rings (SSSR count). The number of aromatic amines is 1. The highest BCUT2D eigenvalue weighted by Crippen LogP contribution is 2.10. The number of nitrogens with zero attached hydrogens (tertiary/aromatic N) is 1. The van der Waals surface area contributed by atoms with Gasteiger partial charge in [0.2, 0.25) is 23.6 Å². The van der Waals surface area contributed by atoms with Gasteiger partial charge in [0, 0.05) is 24.7 Å². The number of nitrogens with one attached hydrogen (secondary N) is 4. The number of H-pyrrole nitrogens is 1. The molecule has 0 saturated heterocycles. The number of carbonyl (C=O) groups excluding carboxylic acids is 4. The van der Waals surface area contributed by atoms with Crippen molar-refractivity contribution in [3.05, 3.63) is 18.2 Å². The van der Waals surface area contributed by atoms with E-state index in [0.717, 1.165) is 0 Å². The van der Waals surface area contributed by atoms with E-state index in [9.17, 15) is 33.9 Å². The molecular weight excluding hydrogens is 478 g/mol. The molecule has 0 bridgehead atoms. The molecule has 4 amide bonds. The second-order valence-corrected chi connectivity index (χ2v) is 8.32. The molecule has 0 aromatic carbocycles. The first-order chi connectivity index (χ1) is 16.8. The maximum atomic E-state index is 12.9. The number of amides is 4. The van der Waals surface area contributed by atoms with Gasteiger partial charge in [0.05, 0.1) is 18.8 Å². The number of primary amides is 1. The second kappa shape index (κ2) is 14.4. The Kier molecular flexibility index (Phi) is 12.0. The molecule has 15 heteroatoms. The van der Waals surface area contributed by atoms with Crippen LogP contribution < -0.4 is 27.4 Å². The van der Waals surface area contributed by atoms with Crippen molar-refractivity contribution < 1.29 is 39.0 Å². The van der Waals surface area contributed by atoms with E-state index < -0.39 is 78.5 Å². The van der Waals surface area contributed by atoms with Crippen LogP contribution in [0.15, 0.2) is 12.5 Å². The topological polar surface area (TPSA) is 260 Å². The number of carbonyl (C=O) groups is 6. The smallest absolute Gasteiger partial charge is 0.326 e. The van der Waals surface area contributed by atoms with Crippen LogP contribution in [0.4, 0.5) is 0 Å². The minimum absolute atomic E-state index is 0.0482. The monoisotopic (exact) mass is 511 g/mol. The Labute approximate surface area is 206 Å². The highest BCUT2D eigenvalue weighted by Gasteiger charge is 2.32. The van der Waals surface area contributed by atoms with E-state index in [2.05, 4.69) is 25.9 Å². The van der Waals surface area contributed by atoms with Gasteiger partial charge < -0.3 is 42.6 Å². The van der Waals surface area contributed by atoms with Crippen LogP contribution in [0, 0.1) is 5.92 Å². The molecule has 0 spiro atoms. The standard InChI is InChI=1S/C21H33N7O8/c1-3-10(2)17(21(35)36)28-19(33)13(4-5-16(30)31)26-20(34)14(7-15(23)29)27-18(32)12(22)6-11-8-24-9-25-11/h8-10,12-14,17H,3-7,22H2,1-2H3,(H2,23,29)(H,24,25)(H,26,34)(H,27,32)(H,28,33)(H,30,31)(H,35,36). The van der Waals surface area contributed by atoms with Crippen LogP contribution in [-0.4, -0.2) is 79.9 Å². The molecule has 0 aliphatic heterocycles. The lowest BCUT2D eigenvalue weighted by atomic mass is 9.98. The van der Waals surface area contributed by atoms with Gasteiger partial charge in [0.25, 0.3) is 0 Å². The number of carboxylic acids is 2. The SMILES string of the molecule is CCC(C)C(NC(=O)C(CCC(=O)O)NC(=O)C(CC(N)=O)NC(=O)C(N)Cc1cnc[nH]1)C(=O)O. The molecule has 5 unspecified atom stereocenters. The molecule has 36 heavy (non-hydrogen) atoms. The van der Waals surface area contributed by atoms with Crippen LogP contribution in [0.3, 0.4) is 0 Å². The summed E-state index contributed by atoms with van der Waals surface area (Å²) in [6, 6.07) is -5.39. The molecule has 0 fully saturated rings. The summed E-state index contributed by atoms with van der Waals surface area (Å²) in [5.41, 5.74) is 11.6. The summed E-state index contributed by atoms with van der Waals surface area (Å²) in [5, 5.41) is 25.3. The number of nitrogens with two attached hydrogens (primary N) is 2. The number of carboxylic acid groups (broad SMARTS) is 2. The molecule has 1 aromatic rings. The van der Waals surface area contributed by atoms with Crippen LogP contribution in [-0.2, 0) is 35.2 Å². The lowest BCUT2D eigenvalue weighted by Crippen LogP contribution is -2.58. The van der Waals surface area contributed by atoms with Crippen molar-refractivity contribution in [3.63, 3.8) is 0 Å². The predicted molar refractivity (Wildman–Crippen MR) is 124 cm³/mol. The lowest BCUT2D eigenvalue weighted by molar-refractivity contribution is -0.144. The van der Waals surface area contributed by atoms with Crippen LogP contribution >= 0.6 is 0 Å². The summed E-state index contributed by atoms with van der Waals surface area (Å²) in [4.78, 5) is 78.9. The molecule has 0 saturated carbocycles. The van der Waals surface area contributed by atoms with Crippen LogP contribution in [0.25, 0.3) is 0 Å². The summed E-state index contributed by atoms with van der Waals surface area (Å²) < 4.78 is 0. The van der Waals surface area contributed by atoms with Gasteiger partial charge in [-0.1, -0.05) is 20.3 Å². The minimum Gasteiger partial charge on any atom is -0.481 e. The first-order valence-electron chi connectivity index (χ1n) is 11.2. The molecule has 10 N–H and O–H groups in total. The van der Waals surface area contributed by atoms with Gasteiger partial charge in [0.15, 0.2) is 0 Å². The van der Waals surface area contributed by atoms with Gasteiger partial charge in [-0.25, -0.2) is 9.78 Å². The molecule has 0 aliphatic carbocycles. The zero-order valence-electron chi connectivity index (χ0n) is 20.0. The average Bonchev–Trinajstić information content (AvgIpc) is 3.31. The lowest BCUT2D eigenvalue weighted by Gasteiger charge is -2.26. The van der Waals surface area contributed by atoms with Crippen LogP contribution in [0.2, 0.25) is 0 Å². The van der Waals surface area contributed by atoms with Gasteiger partial charge in [-0.2, -0.15) is 0 Å². The molecule has 1 aromatic heterocycles. The van der Waals surface area contributed by atoms with Crippen molar-refractivity contribution in [2.75, 3.05) is 0 Å². The van der Waals surface area contributed by atoms with E-state index in [0.29, 0.717) is 12.1 Å². The Balaban J connectivity index is 3.01. The largest absolute Gasteiger partial charge is 0.481 e. The van der Waals surface area contributed by atoms with E-state index in [-0.39, 0.29) is 12.8 Å². The molecule has 15 nitrogen and oxygen atoms in total. The summed E-state index contributed by atoms with van der Waals surface area (Å²) in [6.07, 6.45) is 1.78. The summed E-state index contributed by atoms with van der Waals surface area (Å²) in [7, 11) is 0. The third kappa shape index (κ3) is 10.1. The maximum Gasteiger partial charge on any atom is 0.326 e. The number of hydrogen-bond acceptors (Lipinski definition) is 8. The van der Waals surface area contributed by atoms with E-state index >= 15 is 0 Å². The number of aromatic nitrogens is 2. The average molecular weight is 512 g/mol. The normalized spacial score (nSPS) is 15.0. The number of aliphatic carboxylic acids is 2. The summed E-state index contributed by atoms with van der Waals surface area (Å²) in [5.74, 6) is -6.68. The third-order valence-electron chi connectivity index (χ3n) is 5.43. The van der Waals surface area contributed by atoms with Crippen molar-refractivity contribution in [1.82, 2.24) is 25.9 Å². The van der Waals surface area contributed by atoms with Gasteiger partial charge in [-0.3, -0.25) is 24.0 Å². The highest BCUT2D eigenvalue weighted by molar-refractivity contribution is 5.96. The molecule has 5 atom stereocenters. The first-order valence-corrected chi connectivity index (χ1v) is 11.2. The van der Waals surface area contributed by atoms with Gasteiger partial charge >= 0.3 is 11.9 Å². The first kappa shape index (κ1) is 30.0. The Morgan fingerprint density at radius 1 is 1.03 bits per heavy atom. The number of rotatable bonds is 16. The Bertz CT molecular complexity index is 937. The predicted octanol–water partition coefficient (Wildman–Crippen LogP) is -2.40. The number of imidazole rings is 1. The summed E-state index contributed by atoms with van der Waals surface area (Å²) >= 11 is 0. The van der Waals surface area contributed by atoms with Gasteiger partial charge in [-0.05, 0) is 12.3 Å². The van der Waals surface area contributed by atoms with E-state index in [1.807, 2.05) is 0 Å². The Morgan fingerprint density at radius 3 is 2.14 bits per heavy atom. The molecular formula is C21H33N7O8. The van der Waals surface area contributed by atoms with Crippen LogP contribution in [0.5, 0.6) is 0 Å². The van der Waals surface area contributed by atoms with E-state index in [1.54, 1.807) is 13.8 Å². The van der Waals surface area contributed by atoms with Crippen molar-refractivity contribution in [2.24, 2.45) is 17.4 Å². The molecule has 1 heterocycles. The fraction of sp³-hybridized carbons (Fsp3) is 0.571. The fourth-order valence-electron chi connectivity index (χ4n) is 3.16.